The second-order valence-electron chi connectivity index (χ2n) is 12.7. The topological polar surface area (TPSA) is 120 Å². The monoisotopic (exact) mass is 524 g/mol. The van der Waals surface area contributed by atoms with Crippen LogP contribution in [0.5, 0.6) is 0 Å². The first kappa shape index (κ1) is 26.6. The zero-order valence-electron chi connectivity index (χ0n) is 23.0. The molecule has 204 valence electrons. The number of ketones is 2. The normalized spacial score (nSPS) is 43.0. The summed E-state index contributed by atoms with van der Waals surface area (Å²) in [7, 11) is 0. The number of rotatable bonds is 3. The number of esters is 2. The lowest BCUT2D eigenvalue weighted by Gasteiger charge is -2.68. The Labute approximate surface area is 222 Å². The van der Waals surface area contributed by atoms with Gasteiger partial charge in [-0.05, 0) is 48.0 Å². The summed E-state index contributed by atoms with van der Waals surface area (Å²) in [6.45, 7) is 12.1. The van der Waals surface area contributed by atoms with Crippen molar-refractivity contribution >= 4 is 23.5 Å². The predicted octanol–water partition coefficient (Wildman–Crippen LogP) is 4.06. The van der Waals surface area contributed by atoms with E-state index in [0.29, 0.717) is 24.0 Å². The van der Waals surface area contributed by atoms with Gasteiger partial charge in [-0.3, -0.25) is 19.2 Å². The Morgan fingerprint density at radius 2 is 1.68 bits per heavy atom. The molecule has 0 aromatic carbocycles. The van der Waals surface area contributed by atoms with Crippen LogP contribution in [0.25, 0.3) is 0 Å². The average molecular weight is 525 g/mol. The Bertz CT molecular complexity index is 1290. The van der Waals surface area contributed by atoms with Gasteiger partial charge in [0, 0.05) is 41.6 Å². The lowest BCUT2D eigenvalue weighted by atomic mass is 9.37. The molecule has 5 rings (SSSR count). The first-order valence-electron chi connectivity index (χ1n) is 13.2. The van der Waals surface area contributed by atoms with Crippen LogP contribution < -0.4 is 0 Å². The standard InChI is InChI=1S/C30H36O8/c1-16(31)37-23-24-26(3,4)21(33)9-11-27(24,5)19-8-12-28(6)20(29(19,7)25(23)38-17(2)32)14-22(34)30(28,35)18-10-13-36-15-18/h9-11,13-15,19,23-25,35H,8,12H2,1-7H3/t19-,23-,24+,25-,27-,28+,29-,30+/m1/s1. The van der Waals surface area contributed by atoms with E-state index in [1.807, 2.05) is 33.8 Å². The van der Waals surface area contributed by atoms with Crippen molar-refractivity contribution in [2.24, 2.45) is 33.5 Å². The van der Waals surface area contributed by atoms with E-state index in [1.165, 1.54) is 32.4 Å². The van der Waals surface area contributed by atoms with E-state index >= 15 is 0 Å². The first-order chi connectivity index (χ1) is 17.6. The largest absolute Gasteiger partial charge is 0.472 e. The fourth-order valence-electron chi connectivity index (χ4n) is 8.90. The van der Waals surface area contributed by atoms with Gasteiger partial charge in [0.05, 0.1) is 12.5 Å². The van der Waals surface area contributed by atoms with Gasteiger partial charge in [0.1, 0.15) is 12.2 Å². The molecule has 2 fully saturated rings. The fraction of sp³-hybridized carbons (Fsp3) is 0.600. The summed E-state index contributed by atoms with van der Waals surface area (Å²) in [4.78, 5) is 51.9. The van der Waals surface area contributed by atoms with Gasteiger partial charge in [-0.1, -0.05) is 40.7 Å². The van der Waals surface area contributed by atoms with Gasteiger partial charge in [0.25, 0.3) is 0 Å². The third-order valence-electron chi connectivity index (χ3n) is 10.4. The van der Waals surface area contributed by atoms with E-state index in [1.54, 1.807) is 12.1 Å². The molecule has 8 atom stereocenters. The van der Waals surface area contributed by atoms with E-state index in [-0.39, 0.29) is 11.7 Å². The van der Waals surface area contributed by atoms with Crippen molar-refractivity contribution in [1.82, 2.24) is 0 Å². The summed E-state index contributed by atoms with van der Waals surface area (Å²) in [5.41, 5.74) is -4.45. The summed E-state index contributed by atoms with van der Waals surface area (Å²) in [6.07, 6.45) is 6.92. The summed E-state index contributed by atoms with van der Waals surface area (Å²) < 4.78 is 17.3. The van der Waals surface area contributed by atoms with E-state index in [2.05, 4.69) is 6.92 Å². The minimum Gasteiger partial charge on any atom is -0.472 e. The van der Waals surface area contributed by atoms with Crippen molar-refractivity contribution in [1.29, 1.82) is 0 Å². The van der Waals surface area contributed by atoms with Crippen molar-refractivity contribution in [3.63, 3.8) is 0 Å². The van der Waals surface area contributed by atoms with Crippen LogP contribution >= 0.6 is 0 Å². The maximum absolute atomic E-state index is 13.7. The molecule has 0 saturated heterocycles. The molecule has 0 amide bonds. The summed E-state index contributed by atoms with van der Waals surface area (Å²) >= 11 is 0. The van der Waals surface area contributed by atoms with Crippen molar-refractivity contribution in [2.75, 3.05) is 0 Å². The quantitative estimate of drug-likeness (QED) is 0.588. The molecule has 8 nitrogen and oxygen atoms in total. The van der Waals surface area contributed by atoms with Crippen molar-refractivity contribution in [2.45, 2.75) is 79.1 Å². The molecule has 2 saturated carbocycles. The summed E-state index contributed by atoms with van der Waals surface area (Å²) in [5, 5.41) is 12.1. The van der Waals surface area contributed by atoms with Crippen LogP contribution in [-0.4, -0.2) is 40.8 Å². The maximum Gasteiger partial charge on any atom is 0.303 e. The first-order valence-corrected chi connectivity index (χ1v) is 13.2. The van der Waals surface area contributed by atoms with Gasteiger partial charge in [-0.25, -0.2) is 0 Å². The lowest BCUT2D eigenvalue weighted by molar-refractivity contribution is -0.241. The molecule has 38 heavy (non-hydrogen) atoms. The highest BCUT2D eigenvalue weighted by Gasteiger charge is 2.75. The van der Waals surface area contributed by atoms with Crippen LogP contribution in [0.4, 0.5) is 0 Å². The zero-order chi connectivity index (χ0) is 28.1. The molecule has 0 radical (unpaired) electrons. The van der Waals surface area contributed by atoms with Gasteiger partial charge in [-0.2, -0.15) is 0 Å². The molecule has 0 bridgehead atoms. The third kappa shape index (κ3) is 3.07. The van der Waals surface area contributed by atoms with E-state index < -0.39 is 63.1 Å². The number of allylic oxidation sites excluding steroid dienone is 2. The predicted molar refractivity (Wildman–Crippen MR) is 135 cm³/mol. The fourth-order valence-corrected chi connectivity index (χ4v) is 8.90. The number of carbonyl (C=O) groups excluding carboxylic acids is 4. The van der Waals surface area contributed by atoms with Gasteiger partial charge in [0.15, 0.2) is 17.2 Å². The number of aliphatic hydroxyl groups is 1. The smallest absolute Gasteiger partial charge is 0.303 e. The van der Waals surface area contributed by atoms with Crippen LogP contribution in [0.2, 0.25) is 0 Å². The Hall–Kier alpha value is -3.00. The number of carbonyl (C=O) groups is 4. The minimum atomic E-state index is -1.86. The molecular weight excluding hydrogens is 488 g/mol. The molecule has 0 aliphatic heterocycles. The van der Waals surface area contributed by atoms with Crippen molar-refractivity contribution in [3.05, 3.63) is 48.0 Å². The Kier molecular flexibility index (Phi) is 5.61. The van der Waals surface area contributed by atoms with Gasteiger partial charge < -0.3 is 19.0 Å². The molecule has 1 aromatic heterocycles. The maximum atomic E-state index is 13.7. The van der Waals surface area contributed by atoms with Crippen LogP contribution in [0.3, 0.4) is 0 Å². The summed E-state index contributed by atoms with van der Waals surface area (Å²) in [6, 6.07) is 1.59. The van der Waals surface area contributed by atoms with Crippen LogP contribution in [0.15, 0.2) is 46.8 Å². The minimum absolute atomic E-state index is 0.0902. The van der Waals surface area contributed by atoms with Crippen LogP contribution in [-0.2, 0) is 34.3 Å². The molecule has 4 aliphatic rings. The van der Waals surface area contributed by atoms with Gasteiger partial charge in [0.2, 0.25) is 0 Å². The van der Waals surface area contributed by atoms with Gasteiger partial charge in [-0.15, -0.1) is 0 Å². The lowest BCUT2D eigenvalue weighted by Crippen LogP contribution is -2.71. The molecule has 1 aromatic rings. The molecule has 8 heteroatoms. The van der Waals surface area contributed by atoms with E-state index in [4.69, 9.17) is 13.9 Å². The number of hydrogen-bond acceptors (Lipinski definition) is 8. The van der Waals surface area contributed by atoms with Crippen molar-refractivity contribution in [3.8, 4) is 0 Å². The van der Waals surface area contributed by atoms with Crippen molar-refractivity contribution < 1.29 is 38.2 Å². The van der Waals surface area contributed by atoms with Crippen LogP contribution in [0, 0.1) is 33.5 Å². The molecule has 0 unspecified atom stereocenters. The zero-order valence-corrected chi connectivity index (χ0v) is 23.0. The molecular formula is C30H36O8. The highest BCUT2D eigenvalue weighted by Crippen LogP contribution is 2.73. The Balaban J connectivity index is 1.78. The highest BCUT2D eigenvalue weighted by atomic mass is 16.6. The van der Waals surface area contributed by atoms with E-state index in [0.717, 1.165) is 0 Å². The summed E-state index contributed by atoms with van der Waals surface area (Å²) in [5.74, 6) is -2.36. The Morgan fingerprint density at radius 3 is 2.26 bits per heavy atom. The second kappa shape index (κ2) is 8.01. The van der Waals surface area contributed by atoms with Gasteiger partial charge >= 0.3 is 11.9 Å². The molecule has 1 N–H and O–H groups in total. The molecule has 4 aliphatic carbocycles. The Morgan fingerprint density at radius 1 is 1.03 bits per heavy atom. The second-order valence-corrected chi connectivity index (χ2v) is 12.7. The number of hydrogen-bond donors (Lipinski definition) is 1. The van der Waals surface area contributed by atoms with Crippen LogP contribution in [0.1, 0.15) is 66.9 Å². The number of fused-ring (bicyclic) bond motifs is 5. The number of furan rings is 1. The number of ether oxygens (including phenoxy) is 2. The molecule has 0 spiro atoms. The highest BCUT2D eigenvalue weighted by molar-refractivity contribution is 6.03. The van der Waals surface area contributed by atoms with E-state index in [9.17, 15) is 24.3 Å². The molecule has 1 heterocycles. The average Bonchev–Trinajstić information content (AvgIpc) is 3.41. The third-order valence-corrected chi connectivity index (χ3v) is 10.4. The SMILES string of the molecule is CC(=O)O[C@H]1[C@@H](OC(C)=O)[C@@]2(C)C3=CC(=O)[C@@](O)(c4ccoc4)[C@@]3(C)CC[C@@H]2[C@@]2(C)C=CC(=O)C(C)(C)[C@H]12.